The first kappa shape index (κ1) is 28.5. The maximum atomic E-state index is 13.4. The van der Waals surface area contributed by atoms with E-state index in [0.717, 1.165) is 0 Å². The third-order valence-electron chi connectivity index (χ3n) is 5.76. The van der Waals surface area contributed by atoms with Gasteiger partial charge in [0.05, 0.1) is 24.5 Å². The van der Waals surface area contributed by atoms with Crippen molar-refractivity contribution < 1.29 is 24.0 Å². The molecular weight excluding hydrogens is 466 g/mol. The molecule has 0 spiro atoms. The van der Waals surface area contributed by atoms with Crippen LogP contribution in [0.4, 0.5) is 0 Å². The van der Waals surface area contributed by atoms with Crippen LogP contribution in [0, 0.1) is 27.0 Å². The van der Waals surface area contributed by atoms with Crippen molar-refractivity contribution in [3.8, 4) is 0 Å². The van der Waals surface area contributed by atoms with E-state index in [9.17, 15) is 19.7 Å². The van der Waals surface area contributed by atoms with Crippen LogP contribution < -0.4 is 10.2 Å². The highest BCUT2D eigenvalue weighted by atomic mass is 16.6. The van der Waals surface area contributed by atoms with E-state index in [4.69, 9.17) is 15.0 Å². The zero-order chi connectivity index (χ0) is 26.9. The number of allylic oxidation sites excluding steroid dienone is 4. The van der Waals surface area contributed by atoms with Gasteiger partial charge in [-0.3, -0.25) is 14.9 Å². The zero-order valence-corrected chi connectivity index (χ0v) is 21.1. The maximum absolute atomic E-state index is 13.4. The van der Waals surface area contributed by atoms with E-state index in [-0.39, 0.29) is 42.0 Å². The average molecular weight is 501 g/mol. The van der Waals surface area contributed by atoms with Crippen LogP contribution in [0.3, 0.4) is 0 Å². The average Bonchev–Trinajstić information content (AvgIpc) is 2.77. The van der Waals surface area contributed by atoms with Crippen LogP contribution in [-0.4, -0.2) is 49.6 Å². The van der Waals surface area contributed by atoms with E-state index >= 15 is 0 Å². The molecule has 0 aromatic carbocycles. The number of nitrogens with one attached hydrogen (secondary N) is 2. The van der Waals surface area contributed by atoms with Gasteiger partial charge in [-0.25, -0.2) is 4.79 Å². The summed E-state index contributed by atoms with van der Waals surface area (Å²) in [5.74, 6) is -1.57. The number of nitrogens with zero attached hydrogens (tertiary/aromatic N) is 3. The number of rotatable bonds is 13. The lowest BCUT2D eigenvalue weighted by Crippen LogP contribution is -2.41. The van der Waals surface area contributed by atoms with Gasteiger partial charge in [-0.2, -0.15) is 0 Å². The predicted octanol–water partition coefficient (Wildman–Crippen LogP) is 3.57. The smallest absolute Gasteiger partial charge is 0.336 e. The molecule has 0 fully saturated rings. The number of ketones is 1. The summed E-state index contributed by atoms with van der Waals surface area (Å²) in [5, 5.41) is 17.9. The zero-order valence-electron chi connectivity index (χ0n) is 21.1. The Balaban J connectivity index is 2.61. The van der Waals surface area contributed by atoms with E-state index < -0.39 is 23.4 Å². The van der Waals surface area contributed by atoms with Crippen molar-refractivity contribution in [1.29, 1.82) is 5.53 Å². The summed E-state index contributed by atoms with van der Waals surface area (Å²) in [6, 6.07) is 0. The Morgan fingerprint density at radius 1 is 1.42 bits per heavy atom. The molecule has 1 aliphatic carbocycles. The van der Waals surface area contributed by atoms with Crippen LogP contribution in [0.15, 0.2) is 64.1 Å². The molecule has 0 radical (unpaired) electrons. The molecule has 2 aliphatic rings. The van der Waals surface area contributed by atoms with Crippen molar-refractivity contribution in [1.82, 2.24) is 10.2 Å². The van der Waals surface area contributed by atoms with Crippen LogP contribution in [0.1, 0.15) is 40.0 Å². The Kier molecular flexibility index (Phi) is 10.2. The molecule has 11 heteroatoms. The lowest BCUT2D eigenvalue weighted by molar-refractivity contribution is -0.470. The summed E-state index contributed by atoms with van der Waals surface area (Å²) in [6.07, 6.45) is 4.38. The van der Waals surface area contributed by atoms with Gasteiger partial charge in [0, 0.05) is 40.7 Å². The number of dihydropyridines is 1. The van der Waals surface area contributed by atoms with Gasteiger partial charge in [0.1, 0.15) is 17.2 Å². The second-order valence-corrected chi connectivity index (χ2v) is 9.37. The van der Waals surface area contributed by atoms with Gasteiger partial charge in [-0.15, -0.1) is 0 Å². The summed E-state index contributed by atoms with van der Waals surface area (Å²) in [5.41, 5.74) is 8.85. The van der Waals surface area contributed by atoms with E-state index in [0.29, 0.717) is 48.5 Å². The molecule has 0 aromatic heterocycles. The van der Waals surface area contributed by atoms with Gasteiger partial charge in [0.25, 0.3) is 0 Å². The number of esters is 1. The second kappa shape index (κ2) is 12.9. The lowest BCUT2D eigenvalue weighted by atomic mass is 9.68. The first-order valence-corrected chi connectivity index (χ1v) is 11.7. The fourth-order valence-electron chi connectivity index (χ4n) is 4.42. The highest BCUT2D eigenvalue weighted by molar-refractivity contribution is 6.03. The highest BCUT2D eigenvalue weighted by Gasteiger charge is 2.44. The van der Waals surface area contributed by atoms with Crippen molar-refractivity contribution in [2.24, 2.45) is 16.4 Å². The van der Waals surface area contributed by atoms with Crippen LogP contribution in [0.25, 0.3) is 0 Å². The van der Waals surface area contributed by atoms with Crippen LogP contribution in [0.5, 0.6) is 0 Å². The quantitative estimate of drug-likeness (QED) is 0.0744. The number of nitro groups is 1. The molecule has 194 valence electrons. The fourth-order valence-corrected chi connectivity index (χ4v) is 4.42. The van der Waals surface area contributed by atoms with Gasteiger partial charge < -0.3 is 14.8 Å². The number of Topliss-reactive ketones (excluding diaryl/α,β-unsaturated/α-hetero) is 1. The minimum atomic E-state index is -0.833. The maximum Gasteiger partial charge on any atom is 0.336 e. The van der Waals surface area contributed by atoms with E-state index in [2.05, 4.69) is 28.5 Å². The third-order valence-corrected chi connectivity index (χ3v) is 5.76. The summed E-state index contributed by atoms with van der Waals surface area (Å²) >= 11 is 0. The Labute approximate surface area is 210 Å². The molecule has 0 bridgehead atoms. The third kappa shape index (κ3) is 7.40. The molecule has 2 N–H and O–H groups in total. The van der Waals surface area contributed by atoms with Crippen LogP contribution in [-0.2, 0) is 19.1 Å². The highest BCUT2D eigenvalue weighted by Crippen LogP contribution is 2.45. The standard InChI is InChI=1S/C25H33N5O6/c1-6-17(11-16(3)14-30(33)34)21-22-18(12-25(4,5)13-20(22)31)28-19(23(21)24(32)36-7-2)15-35-10-8-9-27-29-26/h6,11,21,26H,1,3,7-10,12-15H2,2,4-5H3/p+1/b17-11+. The van der Waals surface area contributed by atoms with Crippen molar-refractivity contribution in [3.05, 3.63) is 69.1 Å². The van der Waals surface area contributed by atoms with Crippen molar-refractivity contribution in [3.63, 3.8) is 0 Å². The van der Waals surface area contributed by atoms with E-state index in [1.165, 1.54) is 12.2 Å². The first-order valence-electron chi connectivity index (χ1n) is 11.7. The number of carbonyl (C=O) groups excluding carboxylic acids is 2. The molecule has 1 unspecified atom stereocenters. The molecule has 1 aliphatic heterocycles. The molecule has 0 aromatic rings. The van der Waals surface area contributed by atoms with Crippen molar-refractivity contribution >= 4 is 11.8 Å². The van der Waals surface area contributed by atoms with Crippen LogP contribution in [0.2, 0.25) is 0 Å². The second-order valence-electron chi connectivity index (χ2n) is 9.37. The Bertz CT molecular complexity index is 1080. The molecule has 0 saturated carbocycles. The SMILES string of the molecule is C=C/C(=C\C(=C)C[N+](=O)[O-])C1C2=C(CC(C)(C)CC2=O)NC(COCCCN=[N+]=N)=C1C(=O)OCC. The molecule has 1 heterocycles. The van der Waals surface area contributed by atoms with Crippen molar-refractivity contribution in [2.45, 2.75) is 40.0 Å². The number of carbonyl (C=O) groups is 2. The predicted molar refractivity (Wildman–Crippen MR) is 132 cm³/mol. The van der Waals surface area contributed by atoms with E-state index in [1.807, 2.05) is 13.8 Å². The molecule has 0 saturated heterocycles. The van der Waals surface area contributed by atoms with E-state index in [1.54, 1.807) is 6.92 Å². The molecule has 0 amide bonds. The Morgan fingerprint density at radius 3 is 2.75 bits per heavy atom. The van der Waals surface area contributed by atoms with Gasteiger partial charge >= 0.3 is 5.97 Å². The monoisotopic (exact) mass is 500 g/mol. The normalized spacial score (nSPS) is 19.1. The van der Waals surface area contributed by atoms with Gasteiger partial charge in [0.2, 0.25) is 11.5 Å². The topological polar surface area (TPSA) is 158 Å². The lowest BCUT2D eigenvalue weighted by Gasteiger charge is -2.40. The summed E-state index contributed by atoms with van der Waals surface area (Å²) in [6.45, 7) is 13.6. The van der Waals surface area contributed by atoms with Crippen LogP contribution >= 0.6 is 0 Å². The minimum Gasteiger partial charge on any atom is -0.463 e. The number of ether oxygens (including phenoxy) is 2. The number of hydrogen-bond donors (Lipinski definition) is 2. The Hall–Kier alpha value is -3.69. The molecule has 2 rings (SSSR count). The summed E-state index contributed by atoms with van der Waals surface area (Å²) in [4.78, 5) is 40.1. The largest absolute Gasteiger partial charge is 0.463 e. The molecular formula is C25H34N5O6+. The van der Waals surface area contributed by atoms with Gasteiger partial charge in [-0.05, 0) is 36.8 Å². The molecule has 36 heavy (non-hydrogen) atoms. The summed E-state index contributed by atoms with van der Waals surface area (Å²) < 4.78 is 11.1. The van der Waals surface area contributed by atoms with Gasteiger partial charge in [-0.1, -0.05) is 33.1 Å². The fraction of sp³-hybridized carbons (Fsp3) is 0.520. The van der Waals surface area contributed by atoms with Crippen molar-refractivity contribution in [2.75, 3.05) is 32.9 Å². The Morgan fingerprint density at radius 2 is 2.14 bits per heavy atom. The minimum absolute atomic E-state index is 0.0360. The van der Waals surface area contributed by atoms with Gasteiger partial charge in [0.15, 0.2) is 5.78 Å². The summed E-state index contributed by atoms with van der Waals surface area (Å²) in [7, 11) is 0. The molecule has 1 atom stereocenters. The first-order chi connectivity index (χ1) is 17.0. The molecule has 11 nitrogen and oxygen atoms in total. The number of hydrogen-bond acceptors (Lipinski definition) is 9.